The summed E-state index contributed by atoms with van der Waals surface area (Å²) < 4.78 is 25.0. The molecule has 6 nitrogen and oxygen atoms in total. The highest BCUT2D eigenvalue weighted by atomic mass is 35.5. The fraction of sp³-hybridized carbons (Fsp3) is 0.727. The fourth-order valence-corrected chi connectivity index (χ4v) is 2.92. The minimum absolute atomic E-state index is 0.408. The third kappa shape index (κ3) is 3.68. The second kappa shape index (κ2) is 6.21. The molecule has 1 aromatic heterocycles. The van der Waals surface area contributed by atoms with Gasteiger partial charge in [0.2, 0.25) is 0 Å². The molecular formula is C11H21ClN4O2S. The van der Waals surface area contributed by atoms with Crippen LogP contribution in [0.1, 0.15) is 25.2 Å². The zero-order chi connectivity index (χ0) is 14.8. The molecule has 0 fully saturated rings. The zero-order valence-corrected chi connectivity index (χ0v) is 13.2. The van der Waals surface area contributed by atoms with Crippen molar-refractivity contribution in [2.45, 2.75) is 45.0 Å². The Kier molecular flexibility index (Phi) is 5.37. The van der Waals surface area contributed by atoms with E-state index in [4.69, 9.17) is 17.4 Å². The summed E-state index contributed by atoms with van der Waals surface area (Å²) in [5.41, 5.74) is 4.11. The number of hydrazine groups is 1. The van der Waals surface area contributed by atoms with Gasteiger partial charge in [-0.25, -0.2) is 8.42 Å². The topological polar surface area (TPSA) is 90.0 Å². The Morgan fingerprint density at radius 2 is 2.11 bits per heavy atom. The van der Waals surface area contributed by atoms with E-state index in [1.165, 1.54) is 6.26 Å². The summed E-state index contributed by atoms with van der Waals surface area (Å²) in [7, 11) is -3.18. The summed E-state index contributed by atoms with van der Waals surface area (Å²) in [4.78, 5) is 0. The first kappa shape index (κ1) is 16.4. The maximum atomic E-state index is 11.6. The van der Waals surface area contributed by atoms with Crippen LogP contribution in [0.25, 0.3) is 0 Å². The molecule has 0 radical (unpaired) electrons. The van der Waals surface area contributed by atoms with E-state index < -0.39 is 21.1 Å². The summed E-state index contributed by atoms with van der Waals surface area (Å²) in [6.45, 7) is 6.08. The first-order valence-electron chi connectivity index (χ1n) is 6.09. The maximum absolute atomic E-state index is 11.6. The van der Waals surface area contributed by atoms with Crippen molar-refractivity contribution in [3.63, 3.8) is 0 Å². The summed E-state index contributed by atoms with van der Waals surface area (Å²) in [5.74, 6) is 5.48. The number of rotatable bonds is 6. The largest absolute Gasteiger partial charge is 0.271 e. The molecule has 1 heterocycles. The molecule has 0 spiro atoms. The monoisotopic (exact) mass is 308 g/mol. The van der Waals surface area contributed by atoms with E-state index in [0.717, 1.165) is 11.4 Å². The van der Waals surface area contributed by atoms with E-state index in [1.54, 1.807) is 11.6 Å². The Morgan fingerprint density at radius 3 is 2.53 bits per heavy atom. The van der Waals surface area contributed by atoms with Crippen molar-refractivity contribution in [1.82, 2.24) is 15.2 Å². The van der Waals surface area contributed by atoms with Crippen molar-refractivity contribution in [2.24, 2.45) is 5.84 Å². The van der Waals surface area contributed by atoms with Gasteiger partial charge in [0, 0.05) is 25.3 Å². The van der Waals surface area contributed by atoms with Gasteiger partial charge in [-0.2, -0.15) is 5.10 Å². The quantitative estimate of drug-likeness (QED) is 0.595. The van der Waals surface area contributed by atoms with Crippen LogP contribution in [0, 0.1) is 6.92 Å². The van der Waals surface area contributed by atoms with Crippen molar-refractivity contribution in [3.05, 3.63) is 16.4 Å². The summed E-state index contributed by atoms with van der Waals surface area (Å²) >= 11 is 6.21. The normalized spacial score (nSPS) is 15.5. The lowest BCUT2D eigenvalue weighted by Crippen LogP contribution is -2.47. The smallest absolute Gasteiger partial charge is 0.151 e. The average molecular weight is 309 g/mol. The predicted octanol–water partition coefficient (Wildman–Crippen LogP) is 0.672. The molecule has 3 N–H and O–H groups in total. The Bertz CT molecular complexity index is 541. The highest BCUT2D eigenvalue weighted by Gasteiger charge is 2.27. The Morgan fingerprint density at radius 1 is 1.53 bits per heavy atom. The van der Waals surface area contributed by atoms with Crippen molar-refractivity contribution in [3.8, 4) is 0 Å². The number of aromatic nitrogens is 2. The molecule has 0 saturated carbocycles. The van der Waals surface area contributed by atoms with Gasteiger partial charge >= 0.3 is 0 Å². The molecule has 2 unspecified atom stereocenters. The second-order valence-electron chi connectivity index (χ2n) is 4.67. The molecule has 1 rings (SSSR count). The van der Waals surface area contributed by atoms with Gasteiger partial charge in [0.05, 0.1) is 21.7 Å². The molecule has 110 valence electrons. The van der Waals surface area contributed by atoms with Crippen LogP contribution in [0.5, 0.6) is 0 Å². The average Bonchev–Trinajstić information content (AvgIpc) is 2.60. The van der Waals surface area contributed by atoms with E-state index in [2.05, 4.69) is 10.5 Å². The molecule has 0 aromatic carbocycles. The summed E-state index contributed by atoms with van der Waals surface area (Å²) in [6.07, 6.45) is 1.62. The van der Waals surface area contributed by atoms with Crippen LogP contribution in [0.3, 0.4) is 0 Å². The van der Waals surface area contributed by atoms with Crippen molar-refractivity contribution < 1.29 is 8.42 Å². The number of nitrogens with zero attached hydrogens (tertiary/aromatic N) is 2. The van der Waals surface area contributed by atoms with Gasteiger partial charge in [-0.3, -0.25) is 16.0 Å². The molecule has 0 bridgehead atoms. The number of sulfone groups is 1. The molecule has 2 atom stereocenters. The van der Waals surface area contributed by atoms with Crippen molar-refractivity contribution in [1.29, 1.82) is 0 Å². The highest BCUT2D eigenvalue weighted by Crippen LogP contribution is 2.23. The molecule has 0 aliphatic rings. The first-order chi connectivity index (χ1) is 8.72. The highest BCUT2D eigenvalue weighted by molar-refractivity contribution is 7.91. The fourth-order valence-electron chi connectivity index (χ4n) is 1.93. The number of hydrogen-bond acceptors (Lipinski definition) is 5. The van der Waals surface area contributed by atoms with E-state index >= 15 is 0 Å². The SMILES string of the molecule is CCn1nc(C)c(Cl)c1CC(NN)C(C)S(C)(=O)=O. The Hall–Kier alpha value is -0.630. The van der Waals surface area contributed by atoms with E-state index in [1.807, 2.05) is 13.8 Å². The van der Waals surface area contributed by atoms with Gasteiger partial charge in [0.25, 0.3) is 0 Å². The van der Waals surface area contributed by atoms with Gasteiger partial charge in [-0.05, 0) is 20.8 Å². The molecule has 0 saturated heterocycles. The standard InChI is InChI=1S/C11H21ClN4O2S/c1-5-16-10(11(12)7(2)15-16)6-9(14-13)8(3)19(4,17)18/h8-9,14H,5-6,13H2,1-4H3. The van der Waals surface area contributed by atoms with Gasteiger partial charge in [0.1, 0.15) is 0 Å². The molecule has 0 amide bonds. The van der Waals surface area contributed by atoms with Crippen LogP contribution in [-0.4, -0.2) is 35.7 Å². The number of hydrogen-bond donors (Lipinski definition) is 2. The predicted molar refractivity (Wildman–Crippen MR) is 76.8 cm³/mol. The minimum Gasteiger partial charge on any atom is -0.271 e. The lowest BCUT2D eigenvalue weighted by atomic mass is 10.1. The number of aryl methyl sites for hydroxylation is 2. The summed E-state index contributed by atoms with van der Waals surface area (Å²) in [6, 6.07) is -0.408. The molecule has 19 heavy (non-hydrogen) atoms. The van der Waals surface area contributed by atoms with E-state index in [0.29, 0.717) is 18.0 Å². The van der Waals surface area contributed by atoms with Gasteiger partial charge in [-0.1, -0.05) is 11.6 Å². The van der Waals surface area contributed by atoms with E-state index in [9.17, 15) is 8.42 Å². The van der Waals surface area contributed by atoms with Gasteiger partial charge in [-0.15, -0.1) is 0 Å². The molecule has 1 aromatic rings. The maximum Gasteiger partial charge on any atom is 0.151 e. The Balaban J connectivity index is 3.06. The van der Waals surface area contributed by atoms with Crippen LogP contribution in [0.15, 0.2) is 0 Å². The second-order valence-corrected chi connectivity index (χ2v) is 7.45. The van der Waals surface area contributed by atoms with Crippen LogP contribution in [0.4, 0.5) is 0 Å². The molecular weight excluding hydrogens is 288 g/mol. The zero-order valence-electron chi connectivity index (χ0n) is 11.6. The van der Waals surface area contributed by atoms with E-state index in [-0.39, 0.29) is 0 Å². The molecule has 8 heteroatoms. The number of halogens is 1. The third-order valence-electron chi connectivity index (χ3n) is 3.32. The van der Waals surface area contributed by atoms with Crippen LogP contribution in [0.2, 0.25) is 5.02 Å². The van der Waals surface area contributed by atoms with Crippen LogP contribution in [-0.2, 0) is 22.8 Å². The van der Waals surface area contributed by atoms with Crippen LogP contribution < -0.4 is 11.3 Å². The van der Waals surface area contributed by atoms with Crippen molar-refractivity contribution >= 4 is 21.4 Å². The lowest BCUT2D eigenvalue weighted by molar-refractivity contribution is 0.476. The van der Waals surface area contributed by atoms with Crippen molar-refractivity contribution in [2.75, 3.05) is 6.26 Å². The molecule has 0 aliphatic heterocycles. The third-order valence-corrected chi connectivity index (χ3v) is 5.49. The number of nitrogens with two attached hydrogens (primary N) is 1. The first-order valence-corrected chi connectivity index (χ1v) is 8.42. The number of nitrogens with one attached hydrogen (secondary N) is 1. The summed E-state index contributed by atoms with van der Waals surface area (Å²) in [5, 5.41) is 4.27. The van der Waals surface area contributed by atoms with Gasteiger partial charge < -0.3 is 0 Å². The Labute approximate surface area is 119 Å². The molecule has 0 aliphatic carbocycles. The minimum atomic E-state index is -3.18. The van der Waals surface area contributed by atoms with Gasteiger partial charge in [0.15, 0.2) is 9.84 Å². The lowest BCUT2D eigenvalue weighted by Gasteiger charge is -2.22. The van der Waals surface area contributed by atoms with Crippen LogP contribution >= 0.6 is 11.6 Å².